The van der Waals surface area contributed by atoms with Crippen LogP contribution in [-0.2, 0) is 25.9 Å². The summed E-state index contributed by atoms with van der Waals surface area (Å²) in [5.41, 5.74) is 0.294. The number of sulfonamides is 1. The molecule has 0 radical (unpaired) electrons. The van der Waals surface area contributed by atoms with Gasteiger partial charge in [0.2, 0.25) is 16.8 Å². The summed E-state index contributed by atoms with van der Waals surface area (Å²) in [4.78, 5) is 25.2. The first kappa shape index (κ1) is 35.3. The van der Waals surface area contributed by atoms with Gasteiger partial charge >= 0.3 is 12.2 Å². The van der Waals surface area contributed by atoms with Crippen LogP contribution in [0.25, 0.3) is 0 Å². The summed E-state index contributed by atoms with van der Waals surface area (Å²) in [6.45, 7) is 4.74. The number of benzene rings is 2. The van der Waals surface area contributed by atoms with Crippen LogP contribution in [0.15, 0.2) is 53.4 Å². The van der Waals surface area contributed by atoms with Crippen molar-refractivity contribution in [3.63, 3.8) is 0 Å². The van der Waals surface area contributed by atoms with Crippen LogP contribution < -0.4 is 14.8 Å². The quantitative estimate of drug-likeness (QED) is 0.226. The van der Waals surface area contributed by atoms with Crippen LogP contribution in [0, 0.1) is 5.41 Å². The standard InChI is InChI=1S/C32H45N3O10S/c1-32(2,14-7-8-15-34(3)31(38)39)21-35(46(40,41)25-11-12-28-29(18-25)44-22-43-28)19-27(36)26(17-23-9-5-4-6-10-23)33-30(37)45-24-13-16-42-20-24/h4-6,9-12,18,24,26-27,36H,7-8,13-17,19-22H2,1-3H3,(H,33,37)(H,38,39)/t24-,26-,27+/m0/s1. The van der Waals surface area contributed by atoms with Gasteiger partial charge in [0, 0.05) is 39.2 Å². The second-order valence-electron chi connectivity index (χ2n) is 12.5. The summed E-state index contributed by atoms with van der Waals surface area (Å²) in [6.07, 6.45) is -0.739. The zero-order valence-electron chi connectivity index (χ0n) is 26.6. The average molecular weight is 664 g/mol. The molecule has 46 heavy (non-hydrogen) atoms. The van der Waals surface area contributed by atoms with E-state index in [1.807, 2.05) is 44.2 Å². The number of rotatable bonds is 16. The zero-order valence-corrected chi connectivity index (χ0v) is 27.4. The first-order valence-electron chi connectivity index (χ1n) is 15.4. The van der Waals surface area contributed by atoms with Gasteiger partial charge in [0.05, 0.1) is 30.3 Å². The van der Waals surface area contributed by atoms with Gasteiger partial charge in [0.25, 0.3) is 0 Å². The number of carboxylic acid groups (broad SMARTS) is 1. The minimum Gasteiger partial charge on any atom is -0.465 e. The van der Waals surface area contributed by atoms with Gasteiger partial charge < -0.3 is 39.4 Å². The number of amides is 2. The van der Waals surface area contributed by atoms with Crippen molar-refractivity contribution in [3.05, 3.63) is 54.1 Å². The number of carbonyl (C=O) groups excluding carboxylic acids is 1. The van der Waals surface area contributed by atoms with E-state index in [1.165, 1.54) is 34.5 Å². The molecule has 2 aromatic carbocycles. The van der Waals surface area contributed by atoms with Crippen LogP contribution in [-0.4, -0.2) is 105 Å². The first-order chi connectivity index (χ1) is 21.8. The molecule has 0 aliphatic carbocycles. The lowest BCUT2D eigenvalue weighted by molar-refractivity contribution is 0.0623. The third kappa shape index (κ3) is 9.95. The minimum atomic E-state index is -4.17. The normalized spacial score (nSPS) is 17.5. The van der Waals surface area contributed by atoms with Gasteiger partial charge in [-0.1, -0.05) is 50.6 Å². The molecule has 3 atom stereocenters. The number of carbonyl (C=O) groups is 2. The van der Waals surface area contributed by atoms with Crippen molar-refractivity contribution in [1.29, 1.82) is 0 Å². The van der Waals surface area contributed by atoms with Gasteiger partial charge in [-0.15, -0.1) is 0 Å². The number of hydrogen-bond donors (Lipinski definition) is 3. The fourth-order valence-corrected chi connectivity index (χ4v) is 7.13. The second kappa shape index (κ2) is 15.8. The topological polar surface area (TPSA) is 164 Å². The number of nitrogens with zero attached hydrogens (tertiary/aromatic N) is 2. The first-order valence-corrected chi connectivity index (χ1v) is 16.9. The van der Waals surface area contributed by atoms with Crippen molar-refractivity contribution in [2.75, 3.05) is 46.7 Å². The Morgan fingerprint density at radius 1 is 1.11 bits per heavy atom. The highest BCUT2D eigenvalue weighted by Gasteiger charge is 2.36. The van der Waals surface area contributed by atoms with Gasteiger partial charge in [0.15, 0.2) is 11.5 Å². The number of aliphatic hydroxyl groups excluding tert-OH is 1. The molecule has 2 aliphatic heterocycles. The molecule has 0 bridgehead atoms. The molecule has 0 unspecified atom stereocenters. The highest BCUT2D eigenvalue weighted by Crippen LogP contribution is 2.36. The maximum atomic E-state index is 14.2. The zero-order chi connectivity index (χ0) is 33.3. The Hall–Kier alpha value is -3.59. The number of aliphatic hydroxyl groups is 1. The fourth-order valence-electron chi connectivity index (χ4n) is 5.47. The summed E-state index contributed by atoms with van der Waals surface area (Å²) in [7, 11) is -2.66. The molecular formula is C32H45N3O10S. The molecule has 2 amide bonds. The molecule has 2 aromatic rings. The molecule has 2 aliphatic rings. The predicted octanol–water partition coefficient (Wildman–Crippen LogP) is 3.70. The summed E-state index contributed by atoms with van der Waals surface area (Å²) in [5, 5.41) is 23.5. The Labute approximate surface area is 270 Å². The van der Waals surface area contributed by atoms with Crippen LogP contribution in [0.2, 0.25) is 0 Å². The summed E-state index contributed by atoms with van der Waals surface area (Å²) in [5.74, 6) is 0.751. The number of nitrogens with one attached hydrogen (secondary N) is 1. The Morgan fingerprint density at radius 2 is 1.85 bits per heavy atom. The number of fused-ring (bicyclic) bond motifs is 1. The van der Waals surface area contributed by atoms with Gasteiger partial charge in [-0.2, -0.15) is 4.31 Å². The van der Waals surface area contributed by atoms with E-state index in [2.05, 4.69) is 5.32 Å². The van der Waals surface area contributed by atoms with E-state index < -0.39 is 45.9 Å². The average Bonchev–Trinajstić information content (AvgIpc) is 3.70. The van der Waals surface area contributed by atoms with E-state index in [-0.39, 0.29) is 31.2 Å². The lowest BCUT2D eigenvalue weighted by Crippen LogP contribution is -2.52. The molecule has 1 saturated heterocycles. The van der Waals surface area contributed by atoms with Crippen LogP contribution >= 0.6 is 0 Å². The molecule has 0 aromatic heterocycles. The van der Waals surface area contributed by atoms with Crippen molar-refractivity contribution >= 4 is 22.2 Å². The Kier molecular flexibility index (Phi) is 12.1. The lowest BCUT2D eigenvalue weighted by atomic mass is 9.87. The van der Waals surface area contributed by atoms with E-state index in [4.69, 9.17) is 24.1 Å². The molecule has 2 heterocycles. The molecule has 13 nitrogen and oxygen atoms in total. The van der Waals surface area contributed by atoms with E-state index in [0.29, 0.717) is 56.9 Å². The molecule has 4 rings (SSSR count). The third-order valence-electron chi connectivity index (χ3n) is 8.13. The molecule has 0 saturated carbocycles. The van der Waals surface area contributed by atoms with Crippen LogP contribution in [0.1, 0.15) is 45.1 Å². The van der Waals surface area contributed by atoms with Gasteiger partial charge in [-0.3, -0.25) is 0 Å². The van der Waals surface area contributed by atoms with E-state index in [1.54, 1.807) is 0 Å². The SMILES string of the molecule is CN(CCCCC(C)(C)CN(C[C@@H](O)[C@H](Cc1ccccc1)NC(=O)O[C@H]1CCOC1)S(=O)(=O)c1ccc2c(c1)OCO2)C(=O)O. The highest BCUT2D eigenvalue weighted by molar-refractivity contribution is 7.89. The maximum absolute atomic E-state index is 14.2. The van der Waals surface area contributed by atoms with Crippen LogP contribution in [0.5, 0.6) is 11.5 Å². The predicted molar refractivity (Wildman–Crippen MR) is 168 cm³/mol. The summed E-state index contributed by atoms with van der Waals surface area (Å²) >= 11 is 0. The summed E-state index contributed by atoms with van der Waals surface area (Å²) < 4.78 is 51.2. The van der Waals surface area contributed by atoms with Crippen molar-refractivity contribution in [3.8, 4) is 11.5 Å². The molecule has 1 fully saturated rings. The van der Waals surface area contributed by atoms with Crippen molar-refractivity contribution < 1.29 is 47.2 Å². The van der Waals surface area contributed by atoms with Crippen LogP contribution in [0.3, 0.4) is 0 Å². The van der Waals surface area contributed by atoms with E-state index >= 15 is 0 Å². The monoisotopic (exact) mass is 663 g/mol. The van der Waals surface area contributed by atoms with Gasteiger partial charge in [0.1, 0.15) is 6.10 Å². The number of alkyl carbamates (subject to hydrolysis) is 1. The van der Waals surface area contributed by atoms with Crippen molar-refractivity contribution in [1.82, 2.24) is 14.5 Å². The van der Waals surface area contributed by atoms with Gasteiger partial charge in [-0.25, -0.2) is 18.0 Å². The third-order valence-corrected chi connectivity index (χ3v) is 9.94. The Bertz CT molecular complexity index is 1420. The second-order valence-corrected chi connectivity index (χ2v) is 14.5. The Balaban J connectivity index is 1.55. The molecular weight excluding hydrogens is 618 g/mol. The van der Waals surface area contributed by atoms with E-state index in [9.17, 15) is 23.1 Å². The van der Waals surface area contributed by atoms with Crippen LogP contribution in [0.4, 0.5) is 9.59 Å². The molecule has 0 spiro atoms. The minimum absolute atomic E-state index is 0.0126. The fraction of sp³-hybridized carbons (Fsp3) is 0.562. The van der Waals surface area contributed by atoms with Crippen molar-refractivity contribution in [2.45, 2.75) is 69.1 Å². The maximum Gasteiger partial charge on any atom is 0.407 e. The smallest absolute Gasteiger partial charge is 0.407 e. The number of hydrogen-bond acceptors (Lipinski definition) is 9. The summed E-state index contributed by atoms with van der Waals surface area (Å²) in [6, 6.07) is 12.8. The highest BCUT2D eigenvalue weighted by atomic mass is 32.2. The molecule has 14 heteroatoms. The van der Waals surface area contributed by atoms with E-state index in [0.717, 1.165) is 5.56 Å². The lowest BCUT2D eigenvalue weighted by Gasteiger charge is -2.35. The Morgan fingerprint density at radius 3 is 2.54 bits per heavy atom. The van der Waals surface area contributed by atoms with Gasteiger partial charge in [-0.05, 0) is 42.4 Å². The number of ether oxygens (including phenoxy) is 4. The molecule has 254 valence electrons. The largest absolute Gasteiger partial charge is 0.465 e. The van der Waals surface area contributed by atoms with Crippen molar-refractivity contribution in [2.24, 2.45) is 5.41 Å². The number of unbranched alkanes of at least 4 members (excludes halogenated alkanes) is 1. The molecule has 3 N–H and O–H groups in total.